The van der Waals surface area contributed by atoms with Crippen LogP contribution in [0.3, 0.4) is 0 Å². The third-order valence-electron chi connectivity index (χ3n) is 8.78. The third-order valence-corrected chi connectivity index (χ3v) is 8.78. The largest absolute Gasteiger partial charge is 0.319 e. The second kappa shape index (κ2) is 22.4. The van der Waals surface area contributed by atoms with Crippen LogP contribution in [0.2, 0.25) is 0 Å². The monoisotopic (exact) mass is 467 g/mol. The summed E-state index contributed by atoms with van der Waals surface area (Å²) < 4.78 is 1.39. The molecule has 200 valence electrons. The van der Waals surface area contributed by atoms with E-state index >= 15 is 0 Å². The predicted molar refractivity (Wildman–Crippen MR) is 153 cm³/mol. The Bertz CT molecular complexity index is 384. The molecule has 0 aromatic carbocycles. The molecule has 1 unspecified atom stereocenters. The highest BCUT2D eigenvalue weighted by atomic mass is 15.4. The van der Waals surface area contributed by atoms with Gasteiger partial charge in [-0.1, -0.05) is 137 Å². The van der Waals surface area contributed by atoms with Gasteiger partial charge in [-0.2, -0.15) is 0 Å². The van der Waals surface area contributed by atoms with Gasteiger partial charge in [-0.05, 0) is 32.6 Å². The number of rotatable bonds is 26. The molecule has 0 radical (unpaired) electrons. The van der Waals surface area contributed by atoms with Gasteiger partial charge in [0.2, 0.25) is 0 Å². The van der Waals surface area contributed by atoms with Crippen LogP contribution in [0.25, 0.3) is 0 Å². The van der Waals surface area contributed by atoms with Crippen LogP contribution in [-0.4, -0.2) is 29.7 Å². The Balaban J connectivity index is 4.06. The van der Waals surface area contributed by atoms with Crippen molar-refractivity contribution in [1.82, 2.24) is 0 Å². The molecule has 1 nitrogen and oxygen atoms in total. The summed E-state index contributed by atoms with van der Waals surface area (Å²) in [5.41, 5.74) is 0.533. The average molecular weight is 467 g/mol. The minimum atomic E-state index is 0.533. The first-order valence-electron chi connectivity index (χ1n) is 16.0. The van der Waals surface area contributed by atoms with Crippen LogP contribution in [0.15, 0.2) is 0 Å². The number of nitrogens with zero attached hydrogens (tertiary/aromatic N) is 1. The van der Waals surface area contributed by atoms with E-state index in [4.69, 9.17) is 0 Å². The third kappa shape index (κ3) is 13.6. The molecule has 0 amide bonds. The summed E-state index contributed by atoms with van der Waals surface area (Å²) in [6.07, 6.45) is 31.7. The van der Waals surface area contributed by atoms with Gasteiger partial charge in [0.05, 0.1) is 25.2 Å². The maximum atomic E-state index is 2.50. The Morgan fingerprint density at radius 2 is 0.788 bits per heavy atom. The van der Waals surface area contributed by atoms with Crippen LogP contribution in [0.1, 0.15) is 183 Å². The van der Waals surface area contributed by atoms with Crippen molar-refractivity contribution >= 4 is 0 Å². The first kappa shape index (κ1) is 33.0. The minimum Gasteiger partial charge on any atom is -0.319 e. The number of hydrogen-bond donors (Lipinski definition) is 0. The molecule has 1 atom stereocenters. The fourth-order valence-electron chi connectivity index (χ4n) is 6.85. The molecule has 0 saturated carbocycles. The lowest BCUT2D eigenvalue weighted by Gasteiger charge is -2.54. The zero-order valence-electron chi connectivity index (χ0n) is 24.6. The van der Waals surface area contributed by atoms with Crippen LogP contribution in [-0.2, 0) is 0 Å². The van der Waals surface area contributed by atoms with Crippen molar-refractivity contribution in [2.45, 2.75) is 188 Å². The van der Waals surface area contributed by atoms with Crippen molar-refractivity contribution < 1.29 is 4.48 Å². The zero-order chi connectivity index (χ0) is 24.7. The second-order valence-electron chi connectivity index (χ2n) is 11.3. The number of quaternary nitrogens is 1. The molecule has 0 aromatic heterocycles. The van der Waals surface area contributed by atoms with Crippen molar-refractivity contribution in [2.24, 2.45) is 0 Å². The van der Waals surface area contributed by atoms with Crippen LogP contribution in [0.5, 0.6) is 0 Å². The molecule has 0 spiro atoms. The van der Waals surface area contributed by atoms with Crippen molar-refractivity contribution in [3.05, 3.63) is 0 Å². The SMILES string of the molecule is CCCCCCCCCCCCCCCCCCC(CC)(CCC)[N+](CC)(CCC)CCC. The molecule has 0 fully saturated rings. The topological polar surface area (TPSA) is 0 Å². The van der Waals surface area contributed by atoms with Gasteiger partial charge in [0.15, 0.2) is 0 Å². The summed E-state index contributed by atoms with van der Waals surface area (Å²) in [5.74, 6) is 0. The lowest BCUT2D eigenvalue weighted by molar-refractivity contribution is -0.976. The summed E-state index contributed by atoms with van der Waals surface area (Å²) in [5, 5.41) is 0. The smallest absolute Gasteiger partial charge is 0.0989 e. The molecule has 0 heterocycles. The van der Waals surface area contributed by atoms with Crippen LogP contribution in [0.4, 0.5) is 0 Å². The van der Waals surface area contributed by atoms with Crippen molar-refractivity contribution in [1.29, 1.82) is 0 Å². The molecule has 0 aliphatic heterocycles. The summed E-state index contributed by atoms with van der Waals surface area (Å²) in [4.78, 5) is 0. The standard InChI is InChI=1S/C32H68N/c1-7-13-14-15-16-17-18-19-20-21-22-23-24-25-26-27-29-32(11-5,28-8-2)33(12-6,30-9-3)31-10-4/h7-31H2,1-6H3/q+1. The van der Waals surface area contributed by atoms with E-state index in [2.05, 4.69) is 41.5 Å². The van der Waals surface area contributed by atoms with E-state index in [1.165, 1.54) is 165 Å². The van der Waals surface area contributed by atoms with Gasteiger partial charge in [0, 0.05) is 12.8 Å². The Hall–Kier alpha value is -0.0400. The minimum absolute atomic E-state index is 0.533. The van der Waals surface area contributed by atoms with Gasteiger partial charge in [-0.25, -0.2) is 0 Å². The summed E-state index contributed by atoms with van der Waals surface area (Å²) in [6.45, 7) is 18.6. The molecule has 0 aliphatic carbocycles. The van der Waals surface area contributed by atoms with Gasteiger partial charge in [-0.3, -0.25) is 0 Å². The molecular formula is C32H68N+. The second-order valence-corrected chi connectivity index (χ2v) is 11.3. The molecule has 0 aliphatic rings. The maximum absolute atomic E-state index is 2.50. The van der Waals surface area contributed by atoms with Crippen LogP contribution in [0, 0.1) is 0 Å². The van der Waals surface area contributed by atoms with Crippen LogP contribution >= 0.6 is 0 Å². The molecule has 0 bridgehead atoms. The molecule has 0 aromatic rings. The maximum Gasteiger partial charge on any atom is 0.0989 e. The van der Waals surface area contributed by atoms with E-state index in [0.717, 1.165) is 0 Å². The van der Waals surface area contributed by atoms with Gasteiger partial charge in [0.1, 0.15) is 0 Å². The van der Waals surface area contributed by atoms with Crippen molar-refractivity contribution in [3.8, 4) is 0 Å². The Kier molecular flexibility index (Phi) is 22.4. The number of unbranched alkanes of at least 4 members (excludes halogenated alkanes) is 15. The van der Waals surface area contributed by atoms with Gasteiger partial charge >= 0.3 is 0 Å². The molecule has 0 saturated heterocycles. The predicted octanol–water partition coefficient (Wildman–Crippen LogP) is 11.2. The molecule has 0 rings (SSSR count). The summed E-state index contributed by atoms with van der Waals surface area (Å²) >= 11 is 0. The first-order valence-corrected chi connectivity index (χ1v) is 16.0. The zero-order valence-corrected chi connectivity index (χ0v) is 24.6. The Labute approximate surface area is 212 Å². The Morgan fingerprint density at radius 1 is 0.394 bits per heavy atom. The molecular weight excluding hydrogens is 398 g/mol. The first-order chi connectivity index (χ1) is 16.1. The fraction of sp³-hybridized carbons (Fsp3) is 1.00. The Morgan fingerprint density at radius 3 is 1.09 bits per heavy atom. The van der Waals surface area contributed by atoms with Crippen molar-refractivity contribution in [3.63, 3.8) is 0 Å². The van der Waals surface area contributed by atoms with E-state index in [-0.39, 0.29) is 0 Å². The van der Waals surface area contributed by atoms with E-state index in [9.17, 15) is 0 Å². The van der Waals surface area contributed by atoms with E-state index in [1.54, 1.807) is 0 Å². The van der Waals surface area contributed by atoms with Gasteiger partial charge in [0.25, 0.3) is 0 Å². The number of hydrogen-bond acceptors (Lipinski definition) is 0. The highest BCUT2D eigenvalue weighted by molar-refractivity contribution is 4.81. The highest BCUT2D eigenvalue weighted by Crippen LogP contribution is 2.39. The fourth-order valence-corrected chi connectivity index (χ4v) is 6.85. The van der Waals surface area contributed by atoms with Gasteiger partial charge in [-0.15, -0.1) is 0 Å². The molecule has 0 N–H and O–H groups in total. The van der Waals surface area contributed by atoms with Crippen LogP contribution < -0.4 is 0 Å². The average Bonchev–Trinajstić information content (AvgIpc) is 2.82. The summed E-state index contributed by atoms with van der Waals surface area (Å²) in [6, 6.07) is 0. The molecule has 1 heteroatoms. The van der Waals surface area contributed by atoms with E-state index < -0.39 is 0 Å². The highest BCUT2D eigenvalue weighted by Gasteiger charge is 2.46. The van der Waals surface area contributed by atoms with Crippen molar-refractivity contribution in [2.75, 3.05) is 19.6 Å². The van der Waals surface area contributed by atoms with E-state index in [1.807, 2.05) is 0 Å². The normalized spacial score (nSPS) is 14.0. The lowest BCUT2D eigenvalue weighted by atomic mass is 9.80. The summed E-state index contributed by atoms with van der Waals surface area (Å²) in [7, 11) is 0. The lowest BCUT2D eigenvalue weighted by Crippen LogP contribution is -2.64. The quantitative estimate of drug-likeness (QED) is 0.0877. The van der Waals surface area contributed by atoms with Gasteiger partial charge < -0.3 is 4.48 Å². The molecule has 33 heavy (non-hydrogen) atoms. The van der Waals surface area contributed by atoms with E-state index in [0.29, 0.717) is 5.54 Å².